The van der Waals surface area contributed by atoms with E-state index in [1.165, 1.54) is 16.3 Å². The highest BCUT2D eigenvalue weighted by Gasteiger charge is 2.21. The largest absolute Gasteiger partial charge is 0.280 e. The molecule has 8 heteroatoms. The smallest absolute Gasteiger partial charge is 0.267 e. The number of fused-ring (bicyclic) bond motifs is 1. The van der Waals surface area contributed by atoms with E-state index in [-0.39, 0.29) is 5.91 Å². The summed E-state index contributed by atoms with van der Waals surface area (Å²) in [4.78, 5) is 18.7. The summed E-state index contributed by atoms with van der Waals surface area (Å²) in [5.41, 5.74) is 1.38. The van der Waals surface area contributed by atoms with E-state index in [1.54, 1.807) is 29.7 Å². The van der Waals surface area contributed by atoms with Crippen molar-refractivity contribution in [2.75, 3.05) is 5.01 Å². The lowest BCUT2D eigenvalue weighted by Crippen LogP contribution is -2.25. The molecule has 2 aromatic carbocycles. The van der Waals surface area contributed by atoms with Gasteiger partial charge in [-0.25, -0.2) is 4.98 Å². The van der Waals surface area contributed by atoms with Gasteiger partial charge in [0.25, 0.3) is 5.91 Å². The average Bonchev–Trinajstić information content (AvgIpc) is 3.31. The van der Waals surface area contributed by atoms with E-state index in [4.69, 9.17) is 0 Å². The van der Waals surface area contributed by atoms with Gasteiger partial charge in [0, 0.05) is 19.4 Å². The molecule has 1 amide bonds. The topological polar surface area (TPSA) is 45.6 Å². The Morgan fingerprint density at radius 2 is 1.85 bits per heavy atom. The summed E-state index contributed by atoms with van der Waals surface area (Å²) in [6, 6.07) is 16.9. The Bertz CT molecular complexity index is 1120. The van der Waals surface area contributed by atoms with Crippen LogP contribution in [0, 0.1) is 0 Å². The summed E-state index contributed by atoms with van der Waals surface area (Å²) >= 11 is 9.86. The minimum Gasteiger partial charge on any atom is -0.267 e. The molecule has 0 atom stereocenters. The summed E-state index contributed by atoms with van der Waals surface area (Å²) in [5, 5.41) is 8.31. The number of hydrogen-bond donors (Lipinski definition) is 0. The number of anilines is 1. The molecule has 0 aliphatic carbocycles. The summed E-state index contributed by atoms with van der Waals surface area (Å²) in [6.07, 6.45) is 1.68. The highest BCUT2D eigenvalue weighted by molar-refractivity contribution is 9.10. The highest BCUT2D eigenvalue weighted by atomic mass is 79.9. The number of rotatable bonds is 4. The normalized spacial score (nSPS) is 11.3. The van der Waals surface area contributed by atoms with Crippen LogP contribution in [0.1, 0.15) is 15.2 Å². The van der Waals surface area contributed by atoms with Gasteiger partial charge in [-0.1, -0.05) is 49.3 Å². The van der Waals surface area contributed by atoms with E-state index < -0.39 is 0 Å². The number of aromatic nitrogens is 1. The summed E-state index contributed by atoms with van der Waals surface area (Å²) in [6.45, 7) is 0. The van der Waals surface area contributed by atoms with Crippen LogP contribution in [-0.2, 0) is 0 Å². The molecule has 0 bridgehead atoms. The Labute approximate surface area is 180 Å². The van der Waals surface area contributed by atoms with Gasteiger partial charge in [0.1, 0.15) is 0 Å². The van der Waals surface area contributed by atoms with Crippen molar-refractivity contribution in [3.63, 3.8) is 0 Å². The van der Waals surface area contributed by atoms with Gasteiger partial charge in [0.2, 0.25) is 5.13 Å². The summed E-state index contributed by atoms with van der Waals surface area (Å²) < 4.78 is 2.87. The lowest BCUT2D eigenvalue weighted by Gasteiger charge is -2.13. The second-order valence-electron chi connectivity index (χ2n) is 5.49. The summed E-state index contributed by atoms with van der Waals surface area (Å²) in [7, 11) is 0. The van der Waals surface area contributed by atoms with Crippen molar-refractivity contribution in [2.24, 2.45) is 5.10 Å². The van der Waals surface area contributed by atoms with E-state index in [9.17, 15) is 4.79 Å². The van der Waals surface area contributed by atoms with Gasteiger partial charge in [0.15, 0.2) is 0 Å². The molecule has 4 rings (SSSR count). The van der Waals surface area contributed by atoms with Crippen LogP contribution in [-0.4, -0.2) is 17.1 Å². The van der Waals surface area contributed by atoms with Crippen LogP contribution in [0.2, 0.25) is 0 Å². The van der Waals surface area contributed by atoms with Crippen LogP contribution in [0.5, 0.6) is 0 Å². The predicted octanol–water partition coefficient (Wildman–Crippen LogP) is 6.56. The molecule has 0 unspecified atom stereocenters. The third-order valence-electron chi connectivity index (χ3n) is 3.65. The molecule has 0 spiro atoms. The first-order chi connectivity index (χ1) is 13.1. The molecule has 0 N–H and O–H groups in total. The molecule has 0 aliphatic heterocycles. The first kappa shape index (κ1) is 18.5. The molecule has 27 heavy (non-hydrogen) atoms. The molecule has 134 valence electrons. The van der Waals surface area contributed by atoms with Gasteiger partial charge in [-0.2, -0.15) is 10.1 Å². The maximum Gasteiger partial charge on any atom is 0.280 e. The van der Waals surface area contributed by atoms with E-state index >= 15 is 0 Å². The van der Waals surface area contributed by atoms with Crippen molar-refractivity contribution in [1.82, 2.24) is 4.98 Å². The van der Waals surface area contributed by atoms with Crippen LogP contribution in [0.25, 0.3) is 10.2 Å². The maximum absolute atomic E-state index is 13.1. The van der Waals surface area contributed by atoms with Gasteiger partial charge in [-0.3, -0.25) is 4.79 Å². The Balaban J connectivity index is 1.76. The monoisotopic (exact) mass is 519 g/mol. The lowest BCUT2D eigenvalue weighted by atomic mass is 10.2. The predicted molar refractivity (Wildman–Crippen MR) is 120 cm³/mol. The van der Waals surface area contributed by atoms with Crippen molar-refractivity contribution in [3.8, 4) is 0 Å². The van der Waals surface area contributed by atoms with Crippen molar-refractivity contribution in [3.05, 3.63) is 79.4 Å². The molecular formula is C19H11Br2N3OS2. The number of halogens is 2. The molecule has 0 saturated carbocycles. The van der Waals surface area contributed by atoms with Gasteiger partial charge in [-0.15, -0.1) is 11.3 Å². The fourth-order valence-electron chi connectivity index (χ4n) is 2.36. The quantitative estimate of drug-likeness (QED) is 0.226. The van der Waals surface area contributed by atoms with Gasteiger partial charge in [0.05, 0.1) is 16.4 Å². The van der Waals surface area contributed by atoms with Crippen molar-refractivity contribution in [2.45, 2.75) is 0 Å². The standard InChI is InChI=1S/C19H11Br2N3OS2/c20-13-5-3-12(4-6-13)18(25)24(22-11-15-2-1-9-26-15)19-23-16-8-7-14(21)10-17(16)27-19/h1-11H/b22-11+. The zero-order chi connectivity index (χ0) is 18.8. The minimum absolute atomic E-state index is 0.228. The Morgan fingerprint density at radius 3 is 2.59 bits per heavy atom. The fraction of sp³-hybridized carbons (Fsp3) is 0. The molecule has 0 saturated heterocycles. The van der Waals surface area contributed by atoms with Crippen LogP contribution in [0.4, 0.5) is 5.13 Å². The van der Waals surface area contributed by atoms with E-state index in [1.807, 2.05) is 47.8 Å². The molecule has 0 radical (unpaired) electrons. The number of nitrogens with zero attached hydrogens (tertiary/aromatic N) is 3. The van der Waals surface area contributed by atoms with Crippen molar-refractivity contribution >= 4 is 82.0 Å². The van der Waals surface area contributed by atoms with Crippen LogP contribution in [0.15, 0.2) is 74.0 Å². The summed E-state index contributed by atoms with van der Waals surface area (Å²) in [5.74, 6) is -0.228. The van der Waals surface area contributed by atoms with Crippen molar-refractivity contribution < 1.29 is 4.79 Å². The zero-order valence-corrected chi connectivity index (χ0v) is 18.5. The number of carbonyl (C=O) groups excluding carboxylic acids is 1. The van der Waals surface area contributed by atoms with Gasteiger partial charge >= 0.3 is 0 Å². The Kier molecular flexibility index (Phi) is 5.49. The van der Waals surface area contributed by atoms with E-state index in [0.717, 1.165) is 24.0 Å². The number of hydrazone groups is 1. The molecule has 2 aromatic heterocycles. The number of benzene rings is 2. The third kappa shape index (κ3) is 4.19. The van der Waals surface area contributed by atoms with Crippen LogP contribution < -0.4 is 5.01 Å². The van der Waals surface area contributed by atoms with E-state index in [2.05, 4.69) is 41.9 Å². The van der Waals surface area contributed by atoms with Gasteiger partial charge in [-0.05, 0) is 53.9 Å². The Morgan fingerprint density at radius 1 is 1.07 bits per heavy atom. The number of thiazole rings is 1. The van der Waals surface area contributed by atoms with Gasteiger partial charge < -0.3 is 0 Å². The molecule has 2 heterocycles. The minimum atomic E-state index is -0.228. The number of hydrogen-bond acceptors (Lipinski definition) is 5. The number of carbonyl (C=O) groups is 1. The lowest BCUT2D eigenvalue weighted by molar-refractivity contribution is 0.0988. The molecular weight excluding hydrogens is 510 g/mol. The second-order valence-corrected chi connectivity index (χ2v) is 9.31. The molecule has 4 aromatic rings. The second kappa shape index (κ2) is 8.02. The van der Waals surface area contributed by atoms with Crippen LogP contribution in [0.3, 0.4) is 0 Å². The first-order valence-corrected chi connectivity index (χ1v) is 11.1. The molecule has 0 aliphatic rings. The van der Waals surface area contributed by atoms with Crippen LogP contribution >= 0.6 is 54.5 Å². The zero-order valence-electron chi connectivity index (χ0n) is 13.7. The third-order valence-corrected chi connectivity index (χ3v) is 6.47. The molecule has 0 fully saturated rings. The van der Waals surface area contributed by atoms with Crippen molar-refractivity contribution in [1.29, 1.82) is 0 Å². The molecule has 4 nitrogen and oxygen atoms in total. The van der Waals surface area contributed by atoms with E-state index in [0.29, 0.717) is 10.7 Å². The fourth-order valence-corrected chi connectivity index (χ4v) is 4.68. The Hall–Kier alpha value is -1.87. The average molecular weight is 521 g/mol. The highest BCUT2D eigenvalue weighted by Crippen LogP contribution is 2.32. The number of thiophene rings is 1. The first-order valence-electron chi connectivity index (χ1n) is 7.84. The SMILES string of the molecule is O=C(c1ccc(Br)cc1)N(/N=C/c1cccs1)c1nc2ccc(Br)cc2s1. The number of amides is 1. The maximum atomic E-state index is 13.1.